The number of hydrogen-bond donors (Lipinski definition) is 1. The molecule has 0 spiro atoms. The summed E-state index contributed by atoms with van der Waals surface area (Å²) < 4.78 is 12.2. The van der Waals surface area contributed by atoms with Crippen molar-refractivity contribution in [3.05, 3.63) is 52.9 Å². The van der Waals surface area contributed by atoms with Gasteiger partial charge in [0, 0.05) is 0 Å². The first-order valence-electron chi connectivity index (χ1n) is 5.95. The molecular weight excluding hydrogens is 294 g/mol. The average Bonchev–Trinajstić information content (AvgIpc) is 2.82. The first kappa shape index (κ1) is 13.2. The molecule has 0 aliphatic rings. The van der Waals surface area contributed by atoms with Crippen LogP contribution in [0.5, 0.6) is 5.75 Å². The van der Waals surface area contributed by atoms with Crippen molar-refractivity contribution in [2.24, 2.45) is 0 Å². The summed E-state index contributed by atoms with van der Waals surface area (Å²) in [5, 5.41) is 3.35. The minimum atomic E-state index is 0.0413. The lowest BCUT2D eigenvalue weighted by atomic mass is 10.2. The number of halogens is 1. The van der Waals surface area contributed by atoms with Crippen LogP contribution in [-0.4, -0.2) is 13.2 Å². The van der Waals surface area contributed by atoms with Gasteiger partial charge < -0.3 is 14.5 Å². The number of nitrogens with one attached hydrogen (secondary N) is 1. The minimum absolute atomic E-state index is 0.0413. The maximum Gasteiger partial charge on any atom is 0.138 e. The second kappa shape index (κ2) is 6.61. The van der Waals surface area contributed by atoms with E-state index in [9.17, 15) is 0 Å². The largest absolute Gasteiger partial charge is 0.491 e. The highest BCUT2D eigenvalue weighted by molar-refractivity contribution is 9.10. The highest BCUT2D eigenvalue weighted by Crippen LogP contribution is 2.25. The quantitative estimate of drug-likeness (QED) is 0.882. The van der Waals surface area contributed by atoms with Gasteiger partial charge in [0.25, 0.3) is 0 Å². The number of furan rings is 1. The summed E-state index contributed by atoms with van der Waals surface area (Å²) in [4.78, 5) is 0. The molecule has 2 aromatic rings. The highest BCUT2D eigenvalue weighted by atomic mass is 79.9. The van der Waals surface area contributed by atoms with Gasteiger partial charge in [0.15, 0.2) is 0 Å². The summed E-state index contributed by atoms with van der Waals surface area (Å²) >= 11 is 3.47. The van der Waals surface area contributed by atoms with E-state index in [2.05, 4.69) is 28.2 Å². The van der Waals surface area contributed by atoms with Gasteiger partial charge in [-0.2, -0.15) is 0 Å². The van der Waals surface area contributed by atoms with E-state index in [-0.39, 0.29) is 6.04 Å². The third-order valence-electron chi connectivity index (χ3n) is 2.57. The third-order valence-corrected chi connectivity index (χ3v) is 3.23. The van der Waals surface area contributed by atoms with Gasteiger partial charge in [-0.1, -0.05) is 25.1 Å². The average molecular weight is 310 g/mol. The molecule has 1 atom stereocenters. The standard InChI is InChI=1S/C14H16BrNO2/c1-2-16-13(14-12(15)8-9-17-14)10-18-11-6-4-3-5-7-11/h3-9,13,16H,2,10H2,1H3. The molecule has 0 fully saturated rings. The third kappa shape index (κ3) is 3.37. The molecule has 0 aliphatic heterocycles. The van der Waals surface area contributed by atoms with Crippen molar-refractivity contribution < 1.29 is 9.15 Å². The van der Waals surface area contributed by atoms with E-state index < -0.39 is 0 Å². The zero-order valence-corrected chi connectivity index (χ0v) is 11.8. The fraction of sp³-hybridized carbons (Fsp3) is 0.286. The van der Waals surface area contributed by atoms with Gasteiger partial charge >= 0.3 is 0 Å². The smallest absolute Gasteiger partial charge is 0.138 e. The van der Waals surface area contributed by atoms with E-state index >= 15 is 0 Å². The van der Waals surface area contributed by atoms with Crippen molar-refractivity contribution >= 4 is 15.9 Å². The van der Waals surface area contributed by atoms with Crippen LogP contribution in [-0.2, 0) is 0 Å². The van der Waals surface area contributed by atoms with Crippen LogP contribution in [0.2, 0.25) is 0 Å². The van der Waals surface area contributed by atoms with Gasteiger partial charge in [0.2, 0.25) is 0 Å². The Morgan fingerprint density at radius 3 is 2.67 bits per heavy atom. The monoisotopic (exact) mass is 309 g/mol. The molecule has 0 saturated heterocycles. The zero-order valence-electron chi connectivity index (χ0n) is 10.2. The van der Waals surface area contributed by atoms with E-state index in [4.69, 9.17) is 9.15 Å². The lowest BCUT2D eigenvalue weighted by Crippen LogP contribution is -2.26. The van der Waals surface area contributed by atoms with Crippen molar-refractivity contribution in [2.45, 2.75) is 13.0 Å². The summed E-state index contributed by atoms with van der Waals surface area (Å²) in [7, 11) is 0. The Balaban J connectivity index is 2.01. The van der Waals surface area contributed by atoms with Gasteiger partial charge in [-0.15, -0.1) is 0 Å². The molecule has 2 rings (SSSR count). The van der Waals surface area contributed by atoms with E-state index in [1.165, 1.54) is 0 Å². The molecule has 1 aromatic carbocycles. The van der Waals surface area contributed by atoms with Gasteiger partial charge in [-0.3, -0.25) is 0 Å². The van der Waals surface area contributed by atoms with Crippen LogP contribution in [0.15, 0.2) is 51.6 Å². The molecule has 0 aliphatic carbocycles. The fourth-order valence-electron chi connectivity index (χ4n) is 1.72. The number of hydrogen-bond acceptors (Lipinski definition) is 3. The van der Waals surface area contributed by atoms with Crippen LogP contribution in [0.25, 0.3) is 0 Å². The number of benzene rings is 1. The second-order valence-corrected chi connectivity index (χ2v) is 4.72. The van der Waals surface area contributed by atoms with Gasteiger partial charge in [0.1, 0.15) is 24.2 Å². The van der Waals surface area contributed by atoms with Crippen molar-refractivity contribution in [1.82, 2.24) is 5.32 Å². The number of likely N-dealkylation sites (N-methyl/N-ethyl adjacent to an activating group) is 1. The molecule has 0 saturated carbocycles. The Morgan fingerprint density at radius 2 is 2.06 bits per heavy atom. The summed E-state index contributed by atoms with van der Waals surface area (Å²) in [6.07, 6.45) is 1.67. The van der Waals surface area contributed by atoms with Crippen molar-refractivity contribution in [1.29, 1.82) is 0 Å². The van der Waals surface area contributed by atoms with Crippen LogP contribution in [0.4, 0.5) is 0 Å². The molecule has 1 heterocycles. The van der Waals surface area contributed by atoms with Crippen molar-refractivity contribution in [2.75, 3.05) is 13.2 Å². The Hall–Kier alpha value is -1.26. The Kier molecular flexibility index (Phi) is 4.84. The van der Waals surface area contributed by atoms with Crippen LogP contribution in [0.1, 0.15) is 18.7 Å². The van der Waals surface area contributed by atoms with Crippen LogP contribution in [0, 0.1) is 0 Å². The summed E-state index contributed by atoms with van der Waals surface area (Å²) in [6, 6.07) is 11.7. The first-order chi connectivity index (χ1) is 8.81. The molecule has 18 heavy (non-hydrogen) atoms. The lowest BCUT2D eigenvalue weighted by molar-refractivity contribution is 0.247. The van der Waals surface area contributed by atoms with E-state index in [1.54, 1.807) is 6.26 Å². The molecule has 3 nitrogen and oxygen atoms in total. The van der Waals surface area contributed by atoms with Crippen molar-refractivity contribution in [3.63, 3.8) is 0 Å². The summed E-state index contributed by atoms with van der Waals surface area (Å²) in [6.45, 7) is 3.45. The van der Waals surface area contributed by atoms with Crippen LogP contribution < -0.4 is 10.1 Å². The minimum Gasteiger partial charge on any atom is -0.491 e. The number of ether oxygens (including phenoxy) is 1. The molecule has 0 amide bonds. The maximum atomic E-state index is 5.76. The fourth-order valence-corrected chi connectivity index (χ4v) is 2.20. The van der Waals surface area contributed by atoms with Crippen LogP contribution in [0.3, 0.4) is 0 Å². The normalized spacial score (nSPS) is 12.3. The Morgan fingerprint density at radius 1 is 1.28 bits per heavy atom. The maximum absolute atomic E-state index is 5.76. The SMILES string of the molecule is CCNC(COc1ccccc1)c1occc1Br. The zero-order chi connectivity index (χ0) is 12.8. The van der Waals surface area contributed by atoms with E-state index in [0.717, 1.165) is 22.5 Å². The van der Waals surface area contributed by atoms with Gasteiger partial charge in [0.05, 0.1) is 10.7 Å². The number of para-hydroxylation sites is 1. The molecule has 1 aromatic heterocycles. The van der Waals surface area contributed by atoms with Crippen LogP contribution >= 0.6 is 15.9 Å². The lowest BCUT2D eigenvalue weighted by Gasteiger charge is -2.17. The molecule has 96 valence electrons. The molecule has 0 bridgehead atoms. The molecule has 0 radical (unpaired) electrons. The molecule has 1 N–H and O–H groups in total. The van der Waals surface area contributed by atoms with E-state index in [1.807, 2.05) is 36.4 Å². The molecule has 4 heteroatoms. The number of rotatable bonds is 6. The predicted octanol–water partition coefficient (Wildman–Crippen LogP) is 3.77. The predicted molar refractivity (Wildman–Crippen MR) is 74.8 cm³/mol. The molecule has 1 unspecified atom stereocenters. The van der Waals surface area contributed by atoms with Crippen molar-refractivity contribution in [3.8, 4) is 5.75 Å². The Labute approximate surface area is 115 Å². The van der Waals surface area contributed by atoms with E-state index in [0.29, 0.717) is 6.61 Å². The topological polar surface area (TPSA) is 34.4 Å². The summed E-state index contributed by atoms with van der Waals surface area (Å²) in [5.41, 5.74) is 0. The Bertz CT molecular complexity index is 470. The first-order valence-corrected chi connectivity index (χ1v) is 6.74. The van der Waals surface area contributed by atoms with Gasteiger partial charge in [-0.25, -0.2) is 0 Å². The highest BCUT2D eigenvalue weighted by Gasteiger charge is 2.17. The molecular formula is C14H16BrNO2. The second-order valence-electron chi connectivity index (χ2n) is 3.87. The summed E-state index contributed by atoms with van der Waals surface area (Å²) in [5.74, 6) is 1.73. The van der Waals surface area contributed by atoms with Gasteiger partial charge in [-0.05, 0) is 40.7 Å².